The zero-order chi connectivity index (χ0) is 15.9. The molecule has 1 saturated heterocycles. The Morgan fingerprint density at radius 1 is 1.41 bits per heavy atom. The van der Waals surface area contributed by atoms with Crippen LogP contribution in [0.25, 0.3) is 11.1 Å². The van der Waals surface area contributed by atoms with E-state index in [1.807, 2.05) is 0 Å². The van der Waals surface area contributed by atoms with Gasteiger partial charge < -0.3 is 9.32 Å². The van der Waals surface area contributed by atoms with Crippen molar-refractivity contribution in [3.63, 3.8) is 0 Å². The number of fused-ring (bicyclic) bond motifs is 1. The summed E-state index contributed by atoms with van der Waals surface area (Å²) >= 11 is 0. The van der Waals surface area contributed by atoms with Crippen LogP contribution in [0.2, 0.25) is 0 Å². The third-order valence-electron chi connectivity index (χ3n) is 4.41. The van der Waals surface area contributed by atoms with Gasteiger partial charge in [0.15, 0.2) is 21.3 Å². The van der Waals surface area contributed by atoms with Crippen molar-refractivity contribution >= 4 is 20.9 Å². The maximum atomic E-state index is 12.0. The number of hydrogen-bond acceptors (Lipinski definition) is 5. The molecule has 2 aromatic rings. The van der Waals surface area contributed by atoms with Crippen LogP contribution in [0.5, 0.6) is 0 Å². The molecule has 0 N–H and O–H groups in total. The SMILES string of the molecule is CCS(=O)(=O)c1ccc2oc([C@H]3CCN(C(C)C)C3)nc2c1. The van der Waals surface area contributed by atoms with Gasteiger partial charge in [0.2, 0.25) is 0 Å². The number of hydrogen-bond donors (Lipinski definition) is 0. The Morgan fingerprint density at radius 3 is 2.82 bits per heavy atom. The molecule has 0 spiro atoms. The molecule has 2 heterocycles. The maximum Gasteiger partial charge on any atom is 0.199 e. The van der Waals surface area contributed by atoms with E-state index in [-0.39, 0.29) is 5.75 Å². The summed E-state index contributed by atoms with van der Waals surface area (Å²) in [5.74, 6) is 1.11. The summed E-state index contributed by atoms with van der Waals surface area (Å²) in [6, 6.07) is 5.46. The quantitative estimate of drug-likeness (QED) is 0.866. The lowest BCUT2D eigenvalue weighted by atomic mass is 10.1. The van der Waals surface area contributed by atoms with E-state index in [1.54, 1.807) is 25.1 Å². The first kappa shape index (κ1) is 15.5. The average Bonchev–Trinajstić information content (AvgIpc) is 3.12. The molecule has 1 aliphatic heterocycles. The minimum Gasteiger partial charge on any atom is -0.440 e. The molecule has 0 amide bonds. The lowest BCUT2D eigenvalue weighted by Gasteiger charge is -2.19. The van der Waals surface area contributed by atoms with E-state index in [9.17, 15) is 8.42 Å². The number of nitrogens with zero attached hydrogens (tertiary/aromatic N) is 2. The molecule has 1 atom stereocenters. The van der Waals surface area contributed by atoms with Crippen molar-refractivity contribution in [2.75, 3.05) is 18.8 Å². The molecule has 0 aliphatic carbocycles. The Hall–Kier alpha value is -1.40. The molecule has 1 aromatic heterocycles. The van der Waals surface area contributed by atoms with Gasteiger partial charge in [-0.05, 0) is 45.0 Å². The van der Waals surface area contributed by atoms with Crippen molar-refractivity contribution < 1.29 is 12.8 Å². The Bertz CT molecular complexity index is 780. The lowest BCUT2D eigenvalue weighted by molar-refractivity contribution is 0.269. The van der Waals surface area contributed by atoms with Gasteiger partial charge in [-0.25, -0.2) is 13.4 Å². The number of aromatic nitrogens is 1. The van der Waals surface area contributed by atoms with Gasteiger partial charge in [0.1, 0.15) is 5.52 Å². The third-order valence-corrected chi connectivity index (χ3v) is 6.15. The summed E-state index contributed by atoms with van der Waals surface area (Å²) < 4.78 is 29.8. The molecule has 0 radical (unpaired) electrons. The Balaban J connectivity index is 1.91. The number of likely N-dealkylation sites (tertiary alicyclic amines) is 1. The minimum atomic E-state index is -3.21. The number of oxazole rings is 1. The molecule has 3 rings (SSSR count). The molecule has 1 fully saturated rings. The zero-order valence-electron chi connectivity index (χ0n) is 13.2. The van der Waals surface area contributed by atoms with Crippen LogP contribution in [0, 0.1) is 0 Å². The minimum absolute atomic E-state index is 0.0924. The second kappa shape index (κ2) is 5.66. The molecule has 1 aromatic carbocycles. The standard InChI is InChI=1S/C16H22N2O3S/c1-4-22(19,20)13-5-6-15-14(9-13)17-16(21-15)12-7-8-18(10-12)11(2)3/h5-6,9,11-12H,4,7-8,10H2,1-3H3/t12-/m0/s1. The van der Waals surface area contributed by atoms with Crippen molar-refractivity contribution in [2.24, 2.45) is 0 Å². The first-order valence-corrected chi connectivity index (χ1v) is 9.43. The third kappa shape index (κ3) is 2.77. The highest BCUT2D eigenvalue weighted by molar-refractivity contribution is 7.91. The Morgan fingerprint density at radius 2 is 2.18 bits per heavy atom. The molecular formula is C16H22N2O3S. The van der Waals surface area contributed by atoms with Crippen LogP contribution in [0.4, 0.5) is 0 Å². The van der Waals surface area contributed by atoms with Crippen molar-refractivity contribution in [1.29, 1.82) is 0 Å². The van der Waals surface area contributed by atoms with Gasteiger partial charge in [-0.15, -0.1) is 0 Å². The van der Waals surface area contributed by atoms with Crippen molar-refractivity contribution in [2.45, 2.75) is 44.0 Å². The molecule has 0 saturated carbocycles. The molecule has 0 bridgehead atoms. The van der Waals surface area contributed by atoms with Crippen LogP contribution >= 0.6 is 0 Å². The molecule has 0 unspecified atom stereocenters. The number of benzene rings is 1. The topological polar surface area (TPSA) is 63.4 Å². The molecular weight excluding hydrogens is 300 g/mol. The highest BCUT2D eigenvalue weighted by atomic mass is 32.2. The Labute approximate surface area is 131 Å². The van der Waals surface area contributed by atoms with Crippen molar-refractivity contribution in [3.8, 4) is 0 Å². The fourth-order valence-electron chi connectivity index (χ4n) is 2.92. The number of sulfone groups is 1. The van der Waals surface area contributed by atoms with Crippen molar-refractivity contribution in [3.05, 3.63) is 24.1 Å². The van der Waals surface area contributed by atoms with Gasteiger partial charge in [-0.3, -0.25) is 0 Å². The van der Waals surface area contributed by atoms with Crippen LogP contribution < -0.4 is 0 Å². The predicted octanol–water partition coefficient (Wildman–Crippen LogP) is 2.82. The van der Waals surface area contributed by atoms with Gasteiger partial charge in [-0.2, -0.15) is 0 Å². The maximum absolute atomic E-state index is 12.0. The zero-order valence-corrected chi connectivity index (χ0v) is 14.1. The molecule has 120 valence electrons. The van der Waals surface area contributed by atoms with Crippen molar-refractivity contribution in [1.82, 2.24) is 9.88 Å². The van der Waals surface area contributed by atoms with E-state index in [4.69, 9.17) is 4.42 Å². The van der Waals surface area contributed by atoms with Gasteiger partial charge in [-0.1, -0.05) is 6.92 Å². The highest BCUT2D eigenvalue weighted by Crippen LogP contribution is 2.30. The summed E-state index contributed by atoms with van der Waals surface area (Å²) in [5.41, 5.74) is 1.29. The fraction of sp³-hybridized carbons (Fsp3) is 0.562. The van der Waals surface area contributed by atoms with Crippen LogP contribution in [0.15, 0.2) is 27.5 Å². The lowest BCUT2D eigenvalue weighted by Crippen LogP contribution is -2.27. The van der Waals surface area contributed by atoms with E-state index in [2.05, 4.69) is 23.7 Å². The van der Waals surface area contributed by atoms with Crippen LogP contribution in [-0.4, -0.2) is 43.2 Å². The first-order valence-electron chi connectivity index (χ1n) is 7.78. The van der Waals surface area contributed by atoms with E-state index < -0.39 is 9.84 Å². The molecule has 6 heteroatoms. The van der Waals surface area contributed by atoms with Gasteiger partial charge in [0.25, 0.3) is 0 Å². The predicted molar refractivity (Wildman–Crippen MR) is 85.8 cm³/mol. The van der Waals surface area contributed by atoms with E-state index in [0.29, 0.717) is 28.0 Å². The highest BCUT2D eigenvalue weighted by Gasteiger charge is 2.29. The smallest absolute Gasteiger partial charge is 0.199 e. The Kier molecular flexibility index (Phi) is 3.99. The second-order valence-electron chi connectivity index (χ2n) is 6.16. The normalized spacial score (nSPS) is 20.3. The van der Waals surface area contributed by atoms with E-state index in [0.717, 1.165) is 25.4 Å². The van der Waals surface area contributed by atoms with E-state index in [1.165, 1.54) is 0 Å². The fourth-order valence-corrected chi connectivity index (χ4v) is 3.82. The second-order valence-corrected chi connectivity index (χ2v) is 8.44. The van der Waals surface area contributed by atoms with Crippen LogP contribution in [0.1, 0.15) is 39.0 Å². The summed E-state index contributed by atoms with van der Waals surface area (Å²) in [6.07, 6.45) is 1.03. The van der Waals surface area contributed by atoms with Gasteiger partial charge >= 0.3 is 0 Å². The summed E-state index contributed by atoms with van der Waals surface area (Å²) in [5, 5.41) is 0. The first-order chi connectivity index (χ1) is 10.4. The average molecular weight is 322 g/mol. The summed E-state index contributed by atoms with van der Waals surface area (Å²) in [7, 11) is -3.21. The molecule has 1 aliphatic rings. The van der Waals surface area contributed by atoms with Crippen LogP contribution in [0.3, 0.4) is 0 Å². The van der Waals surface area contributed by atoms with E-state index >= 15 is 0 Å². The van der Waals surface area contributed by atoms with Gasteiger partial charge in [0.05, 0.1) is 10.6 Å². The number of rotatable bonds is 4. The monoisotopic (exact) mass is 322 g/mol. The summed E-state index contributed by atoms with van der Waals surface area (Å²) in [6.45, 7) is 8.03. The van der Waals surface area contributed by atoms with Crippen LogP contribution in [-0.2, 0) is 9.84 Å². The van der Waals surface area contributed by atoms with Gasteiger partial charge in [0, 0.05) is 18.5 Å². The molecule has 5 nitrogen and oxygen atoms in total. The molecule has 22 heavy (non-hydrogen) atoms. The summed E-state index contributed by atoms with van der Waals surface area (Å²) in [4.78, 5) is 7.27. The largest absolute Gasteiger partial charge is 0.440 e.